The van der Waals surface area contributed by atoms with Gasteiger partial charge in [-0.3, -0.25) is 0 Å². The van der Waals surface area contributed by atoms with Crippen LogP contribution in [-0.2, 0) is 6.54 Å². The Labute approximate surface area is 99.5 Å². The molecule has 2 heterocycles. The van der Waals surface area contributed by atoms with Crippen molar-refractivity contribution < 1.29 is 4.52 Å². The van der Waals surface area contributed by atoms with Crippen LogP contribution < -0.4 is 10.6 Å². The Hall–Kier alpha value is -2.11. The second-order valence-electron chi connectivity index (χ2n) is 3.54. The van der Waals surface area contributed by atoms with Gasteiger partial charge >= 0.3 is 0 Å². The van der Waals surface area contributed by atoms with E-state index in [2.05, 4.69) is 37.2 Å². The Bertz CT molecular complexity index is 443. The highest BCUT2D eigenvalue weighted by Crippen LogP contribution is 2.09. The van der Waals surface area contributed by atoms with Crippen LogP contribution in [0, 0.1) is 0 Å². The number of aromatic nitrogens is 3. The third kappa shape index (κ3) is 3.44. The smallest absolute Gasteiger partial charge is 0.213 e. The molecule has 90 valence electrons. The second kappa shape index (κ2) is 5.83. The van der Waals surface area contributed by atoms with E-state index in [4.69, 9.17) is 0 Å². The molecule has 2 rings (SSSR count). The van der Waals surface area contributed by atoms with E-state index in [-0.39, 0.29) is 0 Å². The summed E-state index contributed by atoms with van der Waals surface area (Å²) >= 11 is 0. The monoisotopic (exact) mass is 233 g/mol. The summed E-state index contributed by atoms with van der Waals surface area (Å²) in [6.07, 6.45) is 2.38. The number of anilines is 2. The summed E-state index contributed by atoms with van der Waals surface area (Å²) in [6, 6.07) is 5.79. The molecule has 0 aliphatic rings. The van der Waals surface area contributed by atoms with Crippen LogP contribution in [-0.4, -0.2) is 21.7 Å². The topological polar surface area (TPSA) is 75.9 Å². The lowest BCUT2D eigenvalue weighted by Crippen LogP contribution is -2.06. The van der Waals surface area contributed by atoms with E-state index in [0.29, 0.717) is 12.4 Å². The first-order valence-electron chi connectivity index (χ1n) is 5.58. The minimum atomic E-state index is 0.501. The molecule has 0 fully saturated rings. The summed E-state index contributed by atoms with van der Waals surface area (Å²) in [6.45, 7) is 3.54. The van der Waals surface area contributed by atoms with Gasteiger partial charge in [0.1, 0.15) is 11.6 Å². The Morgan fingerprint density at radius 1 is 1.24 bits per heavy atom. The van der Waals surface area contributed by atoms with E-state index >= 15 is 0 Å². The van der Waals surface area contributed by atoms with Crippen molar-refractivity contribution >= 4 is 11.6 Å². The van der Waals surface area contributed by atoms with E-state index in [1.807, 2.05) is 18.2 Å². The molecule has 0 aromatic carbocycles. The summed E-state index contributed by atoms with van der Waals surface area (Å²) < 4.78 is 4.65. The highest BCUT2D eigenvalue weighted by Gasteiger charge is 2.00. The van der Waals surface area contributed by atoms with E-state index in [1.54, 1.807) is 0 Å². The van der Waals surface area contributed by atoms with Gasteiger partial charge in [0.2, 0.25) is 6.39 Å². The minimum absolute atomic E-state index is 0.501. The molecule has 0 saturated carbocycles. The largest absolute Gasteiger partial charge is 0.370 e. The minimum Gasteiger partial charge on any atom is -0.370 e. The van der Waals surface area contributed by atoms with E-state index in [1.165, 1.54) is 6.39 Å². The number of pyridine rings is 1. The molecule has 0 unspecified atom stereocenters. The first kappa shape index (κ1) is 11.4. The molecule has 0 atom stereocenters. The van der Waals surface area contributed by atoms with Gasteiger partial charge in [0.15, 0.2) is 5.82 Å². The standard InChI is InChI=1S/C11H15N5O/c1-2-6-12-9-4-3-5-10(15-9)13-7-11-14-8-17-16-11/h3-5,8H,2,6-7H2,1H3,(H2,12,13,15). The predicted molar refractivity (Wildman–Crippen MR) is 64.6 cm³/mol. The van der Waals surface area contributed by atoms with Crippen LogP contribution in [0.2, 0.25) is 0 Å². The molecular weight excluding hydrogens is 218 g/mol. The fraction of sp³-hybridized carbons (Fsp3) is 0.364. The quantitative estimate of drug-likeness (QED) is 0.793. The first-order valence-corrected chi connectivity index (χ1v) is 5.58. The maximum atomic E-state index is 4.65. The lowest BCUT2D eigenvalue weighted by atomic mass is 10.4. The molecule has 0 aliphatic heterocycles. The van der Waals surface area contributed by atoms with Gasteiger partial charge in [-0.05, 0) is 18.6 Å². The molecule has 6 heteroatoms. The van der Waals surface area contributed by atoms with Crippen LogP contribution in [0.1, 0.15) is 19.2 Å². The average molecular weight is 233 g/mol. The Balaban J connectivity index is 1.91. The van der Waals surface area contributed by atoms with Crippen molar-refractivity contribution in [3.8, 4) is 0 Å². The van der Waals surface area contributed by atoms with Crippen LogP contribution in [0.4, 0.5) is 11.6 Å². The fourth-order valence-electron chi connectivity index (χ4n) is 1.32. The zero-order valence-corrected chi connectivity index (χ0v) is 9.68. The van der Waals surface area contributed by atoms with Gasteiger partial charge in [-0.15, -0.1) is 0 Å². The van der Waals surface area contributed by atoms with Crippen molar-refractivity contribution in [1.82, 2.24) is 15.1 Å². The zero-order chi connectivity index (χ0) is 11.9. The fourth-order valence-corrected chi connectivity index (χ4v) is 1.32. The molecular formula is C11H15N5O. The molecule has 2 aromatic rings. The van der Waals surface area contributed by atoms with Gasteiger partial charge in [0.05, 0.1) is 6.54 Å². The Morgan fingerprint density at radius 3 is 2.76 bits per heavy atom. The third-order valence-corrected chi connectivity index (χ3v) is 2.14. The van der Waals surface area contributed by atoms with E-state index in [0.717, 1.165) is 24.6 Å². The molecule has 0 saturated heterocycles. The molecule has 2 aromatic heterocycles. The molecule has 0 amide bonds. The third-order valence-electron chi connectivity index (χ3n) is 2.14. The van der Waals surface area contributed by atoms with E-state index in [9.17, 15) is 0 Å². The zero-order valence-electron chi connectivity index (χ0n) is 9.68. The summed E-state index contributed by atoms with van der Waals surface area (Å²) in [5.41, 5.74) is 0. The van der Waals surface area contributed by atoms with Crippen LogP contribution in [0.5, 0.6) is 0 Å². The predicted octanol–water partition coefficient (Wildman–Crippen LogP) is 1.90. The van der Waals surface area contributed by atoms with Gasteiger partial charge in [-0.2, -0.15) is 4.98 Å². The number of hydrogen-bond donors (Lipinski definition) is 2. The Kier molecular flexibility index (Phi) is 3.90. The molecule has 2 N–H and O–H groups in total. The molecule has 6 nitrogen and oxygen atoms in total. The van der Waals surface area contributed by atoms with Crippen LogP contribution in [0.15, 0.2) is 29.1 Å². The van der Waals surface area contributed by atoms with Crippen molar-refractivity contribution in [3.05, 3.63) is 30.4 Å². The summed E-state index contributed by atoms with van der Waals surface area (Å²) in [7, 11) is 0. The van der Waals surface area contributed by atoms with Crippen molar-refractivity contribution in [3.63, 3.8) is 0 Å². The van der Waals surface area contributed by atoms with E-state index < -0.39 is 0 Å². The SMILES string of the molecule is CCCNc1cccc(NCc2ncon2)n1. The van der Waals surface area contributed by atoms with Crippen LogP contribution in [0.3, 0.4) is 0 Å². The maximum absolute atomic E-state index is 4.65. The lowest BCUT2D eigenvalue weighted by molar-refractivity contribution is 0.411. The van der Waals surface area contributed by atoms with Gasteiger partial charge in [0.25, 0.3) is 0 Å². The Morgan fingerprint density at radius 2 is 2.06 bits per heavy atom. The van der Waals surface area contributed by atoms with Crippen molar-refractivity contribution in [2.75, 3.05) is 17.2 Å². The molecule has 17 heavy (non-hydrogen) atoms. The van der Waals surface area contributed by atoms with Crippen molar-refractivity contribution in [2.24, 2.45) is 0 Å². The normalized spacial score (nSPS) is 10.2. The van der Waals surface area contributed by atoms with Crippen LogP contribution >= 0.6 is 0 Å². The average Bonchev–Trinajstić information content (AvgIpc) is 2.87. The summed E-state index contributed by atoms with van der Waals surface area (Å²) in [5.74, 6) is 2.26. The molecule has 0 bridgehead atoms. The number of rotatable bonds is 6. The number of hydrogen-bond acceptors (Lipinski definition) is 6. The highest BCUT2D eigenvalue weighted by molar-refractivity contribution is 5.44. The highest BCUT2D eigenvalue weighted by atomic mass is 16.5. The van der Waals surface area contributed by atoms with Gasteiger partial charge < -0.3 is 15.2 Å². The molecule has 0 radical (unpaired) electrons. The van der Waals surface area contributed by atoms with Crippen LogP contribution in [0.25, 0.3) is 0 Å². The first-order chi connectivity index (χ1) is 8.38. The lowest BCUT2D eigenvalue weighted by Gasteiger charge is -2.06. The summed E-state index contributed by atoms with van der Waals surface area (Å²) in [5, 5.41) is 10.1. The van der Waals surface area contributed by atoms with Crippen molar-refractivity contribution in [2.45, 2.75) is 19.9 Å². The molecule has 0 aliphatic carbocycles. The van der Waals surface area contributed by atoms with Crippen molar-refractivity contribution in [1.29, 1.82) is 0 Å². The maximum Gasteiger partial charge on any atom is 0.213 e. The van der Waals surface area contributed by atoms with Gasteiger partial charge in [0, 0.05) is 6.54 Å². The number of nitrogens with zero attached hydrogens (tertiary/aromatic N) is 3. The second-order valence-corrected chi connectivity index (χ2v) is 3.54. The summed E-state index contributed by atoms with van der Waals surface area (Å²) in [4.78, 5) is 8.32. The number of nitrogens with one attached hydrogen (secondary N) is 2. The van der Waals surface area contributed by atoms with Gasteiger partial charge in [-0.1, -0.05) is 18.1 Å². The van der Waals surface area contributed by atoms with Gasteiger partial charge in [-0.25, -0.2) is 4.98 Å². The molecule has 0 spiro atoms.